The van der Waals surface area contributed by atoms with Gasteiger partial charge >= 0.3 is 6.09 Å². The Labute approximate surface area is 209 Å². The van der Waals surface area contributed by atoms with E-state index in [1.807, 2.05) is 26.8 Å². The van der Waals surface area contributed by atoms with Crippen molar-refractivity contribution in [2.75, 3.05) is 11.1 Å². The largest absolute Gasteiger partial charge is 0.444 e. The molecule has 1 aromatic carbocycles. The van der Waals surface area contributed by atoms with E-state index in [2.05, 4.69) is 25.6 Å². The third-order valence-corrected chi connectivity index (χ3v) is 5.67. The summed E-state index contributed by atoms with van der Waals surface area (Å²) in [5, 5.41) is 6.35. The zero-order valence-electron chi connectivity index (χ0n) is 20.6. The summed E-state index contributed by atoms with van der Waals surface area (Å²) in [5.74, 6) is 0.504. The van der Waals surface area contributed by atoms with Gasteiger partial charge in [0.15, 0.2) is 0 Å². The first kappa shape index (κ1) is 25.2. The van der Waals surface area contributed by atoms with Gasteiger partial charge in [-0.25, -0.2) is 24.1 Å². The van der Waals surface area contributed by atoms with Gasteiger partial charge in [0.25, 0.3) is 0 Å². The smallest absolute Gasteiger partial charge is 0.407 e. The van der Waals surface area contributed by atoms with Gasteiger partial charge in [-0.15, -0.1) is 0 Å². The number of amides is 1. The number of nitrogens with two attached hydrogens (primary N) is 1. The van der Waals surface area contributed by atoms with Gasteiger partial charge in [-0.1, -0.05) is 0 Å². The second-order valence-corrected chi connectivity index (χ2v) is 9.75. The lowest BCUT2D eigenvalue weighted by Crippen LogP contribution is -2.42. The fraction of sp³-hybridized carbons (Fsp3) is 0.385. The van der Waals surface area contributed by atoms with Crippen LogP contribution < -0.4 is 21.1 Å². The molecule has 1 aliphatic rings. The van der Waals surface area contributed by atoms with Crippen LogP contribution in [0, 0.1) is 5.82 Å². The number of benzene rings is 1. The Bertz CT molecular complexity index is 1210. The molecule has 9 nitrogen and oxygen atoms in total. The van der Waals surface area contributed by atoms with Crippen molar-refractivity contribution in [3.63, 3.8) is 0 Å². The molecule has 4 rings (SSSR count). The summed E-state index contributed by atoms with van der Waals surface area (Å²) in [6.07, 6.45) is 6.25. The summed E-state index contributed by atoms with van der Waals surface area (Å²) >= 11 is 0. The molecular formula is C26H31FN6O3. The van der Waals surface area contributed by atoms with Gasteiger partial charge in [0.1, 0.15) is 17.2 Å². The molecule has 0 spiro atoms. The third kappa shape index (κ3) is 6.80. The Balaban J connectivity index is 1.39. The van der Waals surface area contributed by atoms with Crippen LogP contribution in [-0.4, -0.2) is 38.7 Å². The number of anilines is 2. The molecule has 0 atom stereocenters. The molecule has 0 saturated heterocycles. The monoisotopic (exact) mass is 494 g/mol. The summed E-state index contributed by atoms with van der Waals surface area (Å²) in [4.78, 5) is 25.4. The number of alkyl carbamates (subject to hydrolysis) is 1. The highest BCUT2D eigenvalue weighted by atomic mass is 19.1. The second kappa shape index (κ2) is 10.8. The highest BCUT2D eigenvalue weighted by molar-refractivity contribution is 5.68. The number of hydrogen-bond donors (Lipinski definition) is 3. The van der Waals surface area contributed by atoms with Crippen molar-refractivity contribution < 1.29 is 18.7 Å². The van der Waals surface area contributed by atoms with Crippen LogP contribution in [0.15, 0.2) is 48.8 Å². The van der Waals surface area contributed by atoms with E-state index in [0.717, 1.165) is 25.7 Å². The predicted octanol–water partition coefficient (Wildman–Crippen LogP) is 5.30. The van der Waals surface area contributed by atoms with Crippen molar-refractivity contribution in [1.82, 2.24) is 20.3 Å². The van der Waals surface area contributed by atoms with Crippen molar-refractivity contribution in [3.8, 4) is 22.9 Å². The van der Waals surface area contributed by atoms with E-state index < -0.39 is 11.4 Å². The normalized spacial score (nSPS) is 17.8. The van der Waals surface area contributed by atoms with Crippen molar-refractivity contribution in [2.24, 2.45) is 0 Å². The summed E-state index contributed by atoms with van der Waals surface area (Å²) in [6, 6.07) is 9.87. The molecule has 0 aliphatic heterocycles. The maximum Gasteiger partial charge on any atom is 0.407 e. The minimum Gasteiger partial charge on any atom is -0.444 e. The number of carbonyl (C=O) groups excluding carboxylic acids is 1. The van der Waals surface area contributed by atoms with Crippen molar-refractivity contribution in [3.05, 3.63) is 54.6 Å². The van der Waals surface area contributed by atoms with Crippen LogP contribution in [0.1, 0.15) is 46.5 Å². The average Bonchev–Trinajstić information content (AvgIpc) is 2.82. The van der Waals surface area contributed by atoms with Crippen LogP contribution in [0.5, 0.6) is 11.6 Å². The average molecular weight is 495 g/mol. The topological polar surface area (TPSA) is 124 Å². The van der Waals surface area contributed by atoms with Gasteiger partial charge in [0.2, 0.25) is 11.8 Å². The highest BCUT2D eigenvalue weighted by Gasteiger charge is 2.25. The molecule has 0 unspecified atom stereocenters. The van der Waals surface area contributed by atoms with Crippen molar-refractivity contribution in [2.45, 2.75) is 64.1 Å². The first-order valence-electron chi connectivity index (χ1n) is 11.9. The molecule has 0 bridgehead atoms. The van der Waals surface area contributed by atoms with Gasteiger partial charge in [-0.3, -0.25) is 0 Å². The van der Waals surface area contributed by atoms with Crippen LogP contribution in [0.2, 0.25) is 0 Å². The quantitative estimate of drug-likeness (QED) is 0.394. The Hall–Kier alpha value is -3.95. The van der Waals surface area contributed by atoms with E-state index in [1.165, 1.54) is 12.1 Å². The van der Waals surface area contributed by atoms with Crippen LogP contribution in [0.25, 0.3) is 11.3 Å². The zero-order valence-corrected chi connectivity index (χ0v) is 20.6. The van der Waals surface area contributed by atoms with E-state index in [-0.39, 0.29) is 29.6 Å². The second-order valence-electron chi connectivity index (χ2n) is 9.75. The number of ether oxygens (including phenoxy) is 2. The first-order valence-corrected chi connectivity index (χ1v) is 11.9. The predicted molar refractivity (Wildman–Crippen MR) is 135 cm³/mol. The molecule has 0 radical (unpaired) electrons. The third-order valence-electron chi connectivity index (χ3n) is 5.67. The van der Waals surface area contributed by atoms with Crippen LogP contribution >= 0.6 is 0 Å². The molecule has 10 heteroatoms. The van der Waals surface area contributed by atoms with E-state index in [1.54, 1.807) is 30.6 Å². The Kier molecular flexibility index (Phi) is 7.52. The number of rotatable bonds is 6. The lowest BCUT2D eigenvalue weighted by atomic mass is 9.91. The first-order chi connectivity index (χ1) is 17.2. The Morgan fingerprint density at radius 2 is 1.81 bits per heavy atom. The number of hydrogen-bond acceptors (Lipinski definition) is 8. The summed E-state index contributed by atoms with van der Waals surface area (Å²) in [6.45, 7) is 5.54. The van der Waals surface area contributed by atoms with E-state index >= 15 is 0 Å². The minimum absolute atomic E-state index is 0.0461. The lowest BCUT2D eigenvalue weighted by Gasteiger charge is -2.30. The Morgan fingerprint density at radius 1 is 1.06 bits per heavy atom. The molecule has 2 aromatic heterocycles. The number of nitrogen functional groups attached to an aromatic ring is 1. The van der Waals surface area contributed by atoms with E-state index in [4.69, 9.17) is 15.2 Å². The summed E-state index contributed by atoms with van der Waals surface area (Å²) < 4.78 is 25.0. The SMILES string of the molecule is CC(C)(C)OC(=O)NC1CCC(Nc2nccc(-c3cccnc3Oc3ccc(N)c(F)c3)n2)CC1. The number of carbonyl (C=O) groups is 1. The molecule has 2 heterocycles. The van der Waals surface area contributed by atoms with Crippen LogP contribution in [0.4, 0.5) is 20.8 Å². The van der Waals surface area contributed by atoms with Gasteiger partial charge < -0.3 is 25.8 Å². The molecule has 1 amide bonds. The standard InChI is InChI=1S/C26H31FN6O3/c1-26(2,3)36-25(34)32-17-8-6-16(7-9-17)31-24-30-14-12-22(33-24)19-5-4-13-29-23(19)35-18-10-11-21(28)20(27)15-18/h4-5,10-17H,6-9,28H2,1-3H3,(H,32,34)(H,30,31,33). The molecule has 1 aliphatic carbocycles. The van der Waals surface area contributed by atoms with Crippen molar-refractivity contribution >= 4 is 17.7 Å². The molecule has 1 saturated carbocycles. The van der Waals surface area contributed by atoms with E-state index in [9.17, 15) is 9.18 Å². The van der Waals surface area contributed by atoms with Gasteiger partial charge in [-0.2, -0.15) is 0 Å². The molecule has 1 fully saturated rings. The van der Waals surface area contributed by atoms with E-state index in [0.29, 0.717) is 23.1 Å². The summed E-state index contributed by atoms with van der Waals surface area (Å²) in [7, 11) is 0. The van der Waals surface area contributed by atoms with Gasteiger partial charge in [0.05, 0.1) is 16.9 Å². The number of halogens is 1. The minimum atomic E-state index is -0.561. The molecule has 4 N–H and O–H groups in total. The van der Waals surface area contributed by atoms with Crippen LogP contribution in [0.3, 0.4) is 0 Å². The molecule has 190 valence electrons. The number of nitrogens with zero attached hydrogens (tertiary/aromatic N) is 3. The number of nitrogens with one attached hydrogen (secondary N) is 2. The fourth-order valence-electron chi connectivity index (χ4n) is 3.97. The highest BCUT2D eigenvalue weighted by Crippen LogP contribution is 2.31. The van der Waals surface area contributed by atoms with Gasteiger partial charge in [0, 0.05) is 30.5 Å². The number of pyridine rings is 1. The summed E-state index contributed by atoms with van der Waals surface area (Å²) in [5.41, 5.74) is 6.34. The van der Waals surface area contributed by atoms with Crippen LogP contribution in [-0.2, 0) is 4.74 Å². The number of aromatic nitrogens is 3. The van der Waals surface area contributed by atoms with Crippen molar-refractivity contribution in [1.29, 1.82) is 0 Å². The molecule has 3 aromatic rings. The lowest BCUT2D eigenvalue weighted by molar-refractivity contribution is 0.0492. The maximum atomic E-state index is 13.9. The Morgan fingerprint density at radius 3 is 2.53 bits per heavy atom. The zero-order chi connectivity index (χ0) is 25.7. The fourth-order valence-corrected chi connectivity index (χ4v) is 3.97. The molecular weight excluding hydrogens is 463 g/mol. The molecule has 36 heavy (non-hydrogen) atoms. The maximum absolute atomic E-state index is 13.9. The van der Waals surface area contributed by atoms with Gasteiger partial charge in [-0.05, 0) is 76.8 Å².